The first-order valence-corrected chi connectivity index (χ1v) is 8.53. The van der Waals surface area contributed by atoms with E-state index >= 15 is 0 Å². The van der Waals surface area contributed by atoms with Crippen LogP contribution < -0.4 is 10.2 Å². The fourth-order valence-corrected chi connectivity index (χ4v) is 3.35. The van der Waals surface area contributed by atoms with Crippen LogP contribution in [0.2, 0.25) is 0 Å². The van der Waals surface area contributed by atoms with Gasteiger partial charge in [0, 0.05) is 38.7 Å². The highest BCUT2D eigenvalue weighted by molar-refractivity contribution is 7.99. The zero-order valence-electron chi connectivity index (χ0n) is 12.8. The van der Waals surface area contributed by atoms with Gasteiger partial charge >= 0.3 is 0 Å². The van der Waals surface area contributed by atoms with E-state index in [9.17, 15) is 4.79 Å². The molecular formula is C16H24N2O2S. The summed E-state index contributed by atoms with van der Waals surface area (Å²) in [5.41, 5.74) is 2.55. The Labute approximate surface area is 131 Å². The van der Waals surface area contributed by atoms with Crippen LogP contribution in [0.15, 0.2) is 24.3 Å². The van der Waals surface area contributed by atoms with Crippen LogP contribution in [-0.4, -0.2) is 45.0 Å². The standard InChI is InChI=1S/C16H24N2O2S/c1-17-16(19)12-21-11-13-3-5-14(6-4-13)18-9-7-15(20-2)8-10-18/h3-6,15H,7-12H2,1-2H3,(H,17,19). The van der Waals surface area contributed by atoms with Crippen LogP contribution in [0, 0.1) is 0 Å². The number of nitrogens with zero attached hydrogens (tertiary/aromatic N) is 1. The van der Waals surface area contributed by atoms with E-state index in [0.29, 0.717) is 11.9 Å². The maximum absolute atomic E-state index is 11.2. The van der Waals surface area contributed by atoms with Gasteiger partial charge in [-0.2, -0.15) is 0 Å². The van der Waals surface area contributed by atoms with Crippen LogP contribution in [0.3, 0.4) is 0 Å². The molecule has 0 unspecified atom stereocenters. The molecule has 1 fully saturated rings. The molecule has 1 aromatic rings. The molecule has 1 aliphatic rings. The van der Waals surface area contributed by atoms with Crippen molar-refractivity contribution in [2.45, 2.75) is 24.7 Å². The number of benzene rings is 1. The number of amides is 1. The molecule has 2 rings (SSSR count). The third-order valence-electron chi connectivity index (χ3n) is 3.86. The highest BCUT2D eigenvalue weighted by Crippen LogP contribution is 2.22. The lowest BCUT2D eigenvalue weighted by Crippen LogP contribution is -2.36. The molecule has 1 heterocycles. The second-order valence-electron chi connectivity index (χ2n) is 5.25. The number of rotatable bonds is 6. The zero-order valence-corrected chi connectivity index (χ0v) is 13.6. The van der Waals surface area contributed by atoms with Crippen molar-refractivity contribution in [2.75, 3.05) is 37.9 Å². The number of hydrogen-bond acceptors (Lipinski definition) is 4. The summed E-state index contributed by atoms with van der Waals surface area (Å²) in [5, 5.41) is 2.64. The summed E-state index contributed by atoms with van der Waals surface area (Å²) in [6.45, 7) is 2.12. The lowest BCUT2D eigenvalue weighted by molar-refractivity contribution is -0.118. The monoisotopic (exact) mass is 308 g/mol. The Morgan fingerprint density at radius 1 is 1.33 bits per heavy atom. The predicted molar refractivity (Wildman–Crippen MR) is 88.9 cm³/mol. The van der Waals surface area contributed by atoms with E-state index in [-0.39, 0.29) is 5.91 Å². The molecule has 0 bridgehead atoms. The SMILES string of the molecule is CNC(=O)CSCc1ccc(N2CCC(OC)CC2)cc1. The fraction of sp³-hybridized carbons (Fsp3) is 0.562. The Morgan fingerprint density at radius 3 is 2.57 bits per heavy atom. The lowest BCUT2D eigenvalue weighted by atomic mass is 10.1. The summed E-state index contributed by atoms with van der Waals surface area (Å²) >= 11 is 1.64. The van der Waals surface area contributed by atoms with E-state index < -0.39 is 0 Å². The van der Waals surface area contributed by atoms with Gasteiger partial charge in [-0.15, -0.1) is 11.8 Å². The molecule has 21 heavy (non-hydrogen) atoms. The van der Waals surface area contributed by atoms with E-state index in [2.05, 4.69) is 34.5 Å². The topological polar surface area (TPSA) is 41.6 Å². The molecule has 5 heteroatoms. The number of methoxy groups -OCH3 is 1. The minimum atomic E-state index is 0.0811. The molecule has 116 valence electrons. The molecule has 1 saturated heterocycles. The predicted octanol–water partition coefficient (Wildman–Crippen LogP) is 2.28. The number of hydrogen-bond donors (Lipinski definition) is 1. The second-order valence-corrected chi connectivity index (χ2v) is 6.24. The first-order valence-electron chi connectivity index (χ1n) is 7.38. The molecule has 4 nitrogen and oxygen atoms in total. The van der Waals surface area contributed by atoms with Crippen molar-refractivity contribution in [3.63, 3.8) is 0 Å². The van der Waals surface area contributed by atoms with Crippen molar-refractivity contribution in [1.29, 1.82) is 0 Å². The molecule has 1 N–H and O–H groups in total. The number of carbonyl (C=O) groups excluding carboxylic acids is 1. The van der Waals surface area contributed by atoms with E-state index in [4.69, 9.17) is 4.74 Å². The van der Waals surface area contributed by atoms with Gasteiger partial charge in [0.25, 0.3) is 0 Å². The first-order chi connectivity index (χ1) is 10.2. The largest absolute Gasteiger partial charge is 0.381 e. The second kappa shape index (κ2) is 8.29. The van der Waals surface area contributed by atoms with Gasteiger partial charge in [0.1, 0.15) is 0 Å². The smallest absolute Gasteiger partial charge is 0.229 e. The highest BCUT2D eigenvalue weighted by atomic mass is 32.2. The highest BCUT2D eigenvalue weighted by Gasteiger charge is 2.18. The molecule has 1 aliphatic heterocycles. The first kappa shape index (κ1) is 16.2. The Balaban J connectivity index is 1.80. The Hall–Kier alpha value is -1.20. The molecule has 0 aromatic heterocycles. The van der Waals surface area contributed by atoms with Gasteiger partial charge in [-0.05, 0) is 30.5 Å². The van der Waals surface area contributed by atoms with Gasteiger partial charge in [0.15, 0.2) is 0 Å². The van der Waals surface area contributed by atoms with Crippen molar-refractivity contribution in [2.24, 2.45) is 0 Å². The van der Waals surface area contributed by atoms with Gasteiger partial charge in [-0.3, -0.25) is 4.79 Å². The summed E-state index contributed by atoms with van der Waals surface area (Å²) in [5.74, 6) is 1.47. The maximum atomic E-state index is 11.2. The minimum Gasteiger partial charge on any atom is -0.381 e. The van der Waals surface area contributed by atoms with Gasteiger partial charge in [-0.1, -0.05) is 12.1 Å². The summed E-state index contributed by atoms with van der Waals surface area (Å²) in [6.07, 6.45) is 2.61. The van der Waals surface area contributed by atoms with E-state index in [1.54, 1.807) is 25.9 Å². The molecular weight excluding hydrogens is 284 g/mol. The Kier molecular flexibility index (Phi) is 6.39. The number of thioether (sulfide) groups is 1. The van der Waals surface area contributed by atoms with Crippen molar-refractivity contribution >= 4 is 23.4 Å². The van der Waals surface area contributed by atoms with E-state index in [1.807, 2.05) is 0 Å². The van der Waals surface area contributed by atoms with Gasteiger partial charge in [0.2, 0.25) is 5.91 Å². The number of anilines is 1. The lowest BCUT2D eigenvalue weighted by Gasteiger charge is -2.33. The number of carbonyl (C=O) groups is 1. The van der Waals surface area contributed by atoms with Crippen LogP contribution in [0.1, 0.15) is 18.4 Å². The van der Waals surface area contributed by atoms with Crippen LogP contribution in [0.5, 0.6) is 0 Å². The average molecular weight is 308 g/mol. The van der Waals surface area contributed by atoms with Crippen LogP contribution in [0.25, 0.3) is 0 Å². The number of piperidine rings is 1. The summed E-state index contributed by atoms with van der Waals surface area (Å²) in [4.78, 5) is 13.6. The zero-order chi connectivity index (χ0) is 15.1. The average Bonchev–Trinajstić information content (AvgIpc) is 2.55. The maximum Gasteiger partial charge on any atom is 0.229 e. The quantitative estimate of drug-likeness (QED) is 0.875. The van der Waals surface area contributed by atoms with Crippen LogP contribution in [0.4, 0.5) is 5.69 Å². The third kappa shape index (κ3) is 4.93. The van der Waals surface area contributed by atoms with E-state index in [0.717, 1.165) is 31.7 Å². The third-order valence-corrected chi connectivity index (χ3v) is 4.86. The van der Waals surface area contributed by atoms with Crippen LogP contribution in [-0.2, 0) is 15.3 Å². The van der Waals surface area contributed by atoms with Crippen molar-refractivity contribution in [3.8, 4) is 0 Å². The Bertz CT molecular complexity index is 442. The van der Waals surface area contributed by atoms with Crippen LogP contribution >= 0.6 is 11.8 Å². The Morgan fingerprint density at radius 2 is 2.00 bits per heavy atom. The molecule has 0 aliphatic carbocycles. The molecule has 0 spiro atoms. The fourth-order valence-electron chi connectivity index (χ4n) is 2.49. The summed E-state index contributed by atoms with van der Waals surface area (Å²) in [7, 11) is 3.47. The van der Waals surface area contributed by atoms with E-state index in [1.165, 1.54) is 11.3 Å². The summed E-state index contributed by atoms with van der Waals surface area (Å²) in [6, 6.07) is 8.69. The molecule has 0 radical (unpaired) electrons. The number of nitrogens with one attached hydrogen (secondary N) is 1. The molecule has 1 aromatic carbocycles. The molecule has 0 saturated carbocycles. The number of ether oxygens (including phenoxy) is 1. The van der Waals surface area contributed by atoms with Crippen molar-refractivity contribution in [1.82, 2.24) is 5.32 Å². The normalized spacial score (nSPS) is 16.0. The minimum absolute atomic E-state index is 0.0811. The van der Waals surface area contributed by atoms with Gasteiger partial charge < -0.3 is 15.0 Å². The van der Waals surface area contributed by atoms with Crippen molar-refractivity contribution in [3.05, 3.63) is 29.8 Å². The van der Waals surface area contributed by atoms with Crippen molar-refractivity contribution < 1.29 is 9.53 Å². The van der Waals surface area contributed by atoms with Gasteiger partial charge in [-0.25, -0.2) is 0 Å². The van der Waals surface area contributed by atoms with Gasteiger partial charge in [0.05, 0.1) is 11.9 Å². The summed E-state index contributed by atoms with van der Waals surface area (Å²) < 4.78 is 5.41. The molecule has 0 atom stereocenters. The molecule has 1 amide bonds.